The van der Waals surface area contributed by atoms with E-state index in [0.29, 0.717) is 6.42 Å². The van der Waals surface area contributed by atoms with Gasteiger partial charge in [-0.2, -0.15) is 0 Å². The van der Waals surface area contributed by atoms with E-state index >= 15 is 0 Å². The summed E-state index contributed by atoms with van der Waals surface area (Å²) in [6.45, 7) is 3.30. The summed E-state index contributed by atoms with van der Waals surface area (Å²) < 4.78 is 26.9. The van der Waals surface area contributed by atoms with E-state index in [0.717, 1.165) is 77.0 Å². The first kappa shape index (κ1) is 55.9. The van der Waals surface area contributed by atoms with Gasteiger partial charge in [0.15, 0.2) is 0 Å². The summed E-state index contributed by atoms with van der Waals surface area (Å²) in [6, 6.07) is 0. The summed E-state index contributed by atoms with van der Waals surface area (Å²) in [4.78, 5) is 33.9. The second-order valence-electron chi connectivity index (χ2n) is 14.6. The summed E-state index contributed by atoms with van der Waals surface area (Å²) in [5.41, 5.74) is 0. The van der Waals surface area contributed by atoms with Gasteiger partial charge in [-0.15, -0.1) is 0 Å². The number of ether oxygens (including phenoxy) is 1. The molecule has 0 saturated heterocycles. The van der Waals surface area contributed by atoms with Crippen molar-refractivity contribution < 1.29 is 37.9 Å². The van der Waals surface area contributed by atoms with Gasteiger partial charge in [-0.25, -0.2) is 4.57 Å². The van der Waals surface area contributed by atoms with Crippen LogP contribution >= 0.6 is 7.82 Å². The second kappa shape index (κ2) is 44.5. The Balaban J connectivity index is 3.71. The average Bonchev–Trinajstić information content (AvgIpc) is 3.22. The molecule has 0 saturated carbocycles. The van der Waals surface area contributed by atoms with E-state index in [1.807, 2.05) is 12.2 Å². The third-order valence-corrected chi connectivity index (χ3v) is 10.00. The van der Waals surface area contributed by atoms with Gasteiger partial charge in [0, 0.05) is 19.4 Å². The summed E-state index contributed by atoms with van der Waals surface area (Å²) in [7, 11) is -4.45. The number of allylic oxidation sites excluding steroid dienone is 16. The van der Waals surface area contributed by atoms with E-state index < -0.39 is 26.5 Å². The Kier molecular flexibility index (Phi) is 42.2. The number of hydrogen-bond donors (Lipinski definition) is 3. The van der Waals surface area contributed by atoms with E-state index in [4.69, 9.17) is 13.8 Å². The summed E-state index contributed by atoms with van der Waals surface area (Å²) in [5, 5.41) is 12.7. The molecule has 0 aliphatic heterocycles. The Bertz CT molecular complexity index is 1280. The van der Waals surface area contributed by atoms with Gasteiger partial charge < -0.3 is 20.1 Å². The average molecular weight is 844 g/mol. The molecule has 0 aliphatic carbocycles. The lowest BCUT2D eigenvalue weighted by atomic mass is 10.1. The van der Waals surface area contributed by atoms with Gasteiger partial charge in [0.25, 0.3) is 0 Å². The Morgan fingerprint density at radius 1 is 0.542 bits per heavy atom. The molecule has 3 N–H and O–H groups in total. The molecule has 0 aromatic heterocycles. The van der Waals surface area contributed by atoms with Crippen molar-refractivity contribution in [3.63, 3.8) is 0 Å². The van der Waals surface area contributed by atoms with Gasteiger partial charge in [-0.05, 0) is 83.5 Å². The number of nitrogens with one attached hydrogen (secondary N) is 1. The Morgan fingerprint density at radius 3 is 1.49 bits per heavy atom. The number of carbonyl (C=O) groups excluding carboxylic acids is 2. The predicted molar refractivity (Wildman–Crippen MR) is 247 cm³/mol. The first-order valence-electron chi connectivity index (χ1n) is 22.7. The zero-order valence-corrected chi connectivity index (χ0v) is 37.8. The van der Waals surface area contributed by atoms with Gasteiger partial charge in [0.2, 0.25) is 5.91 Å². The van der Waals surface area contributed by atoms with Crippen molar-refractivity contribution >= 4 is 19.7 Å². The maximum absolute atomic E-state index is 12.1. The molecule has 2 atom stereocenters. The zero-order valence-electron chi connectivity index (χ0n) is 36.9. The highest BCUT2D eigenvalue weighted by Gasteiger charge is 2.23. The van der Waals surface area contributed by atoms with Gasteiger partial charge >= 0.3 is 13.8 Å². The SMILES string of the molecule is CC/C=C\C/C=C\C/C=C\C/C=C\C/C=C\C/C=C\CCC(=O)NCCOP(=O)(O)OCC(O)COC(=O)CCCCCCCCCCC/C=C\C/C=C\CCCCC. The molecule has 0 spiro atoms. The highest BCUT2D eigenvalue weighted by atomic mass is 31.2. The summed E-state index contributed by atoms with van der Waals surface area (Å²) in [6.07, 6.45) is 57.8. The summed E-state index contributed by atoms with van der Waals surface area (Å²) in [5.74, 6) is -0.614. The van der Waals surface area contributed by atoms with Crippen LogP contribution in [0.4, 0.5) is 0 Å². The molecule has 336 valence electrons. The molecular formula is C49H82NO8P. The molecule has 2 unspecified atom stereocenters. The van der Waals surface area contributed by atoms with Crippen LogP contribution in [0.2, 0.25) is 0 Å². The van der Waals surface area contributed by atoms with Gasteiger partial charge in [-0.1, -0.05) is 169 Å². The molecule has 0 bridgehead atoms. The molecule has 0 aromatic carbocycles. The largest absolute Gasteiger partial charge is 0.472 e. The molecule has 1 amide bonds. The van der Waals surface area contributed by atoms with E-state index in [9.17, 15) is 24.2 Å². The second-order valence-corrected chi connectivity index (χ2v) is 16.1. The molecule has 10 heteroatoms. The first-order valence-corrected chi connectivity index (χ1v) is 24.2. The van der Waals surface area contributed by atoms with Crippen molar-refractivity contribution in [3.05, 3.63) is 97.2 Å². The number of unbranched alkanes of at least 4 members (excludes halogenated alkanes) is 12. The molecule has 0 aliphatic rings. The summed E-state index contributed by atoms with van der Waals surface area (Å²) >= 11 is 0. The molecule has 0 fully saturated rings. The van der Waals surface area contributed by atoms with Crippen LogP contribution in [-0.2, 0) is 27.9 Å². The maximum Gasteiger partial charge on any atom is 0.472 e. The van der Waals surface area contributed by atoms with Crippen LogP contribution < -0.4 is 5.32 Å². The van der Waals surface area contributed by atoms with Crippen molar-refractivity contribution in [1.82, 2.24) is 5.32 Å². The number of aliphatic hydroxyl groups excluding tert-OH is 1. The normalized spacial score (nSPS) is 14.2. The Morgan fingerprint density at radius 2 is 0.983 bits per heavy atom. The minimum Gasteiger partial charge on any atom is -0.463 e. The topological polar surface area (TPSA) is 131 Å². The van der Waals surface area contributed by atoms with Crippen LogP contribution in [0.1, 0.15) is 168 Å². The van der Waals surface area contributed by atoms with Crippen molar-refractivity contribution in [3.8, 4) is 0 Å². The van der Waals surface area contributed by atoms with Crippen LogP contribution in [0.3, 0.4) is 0 Å². The number of esters is 1. The zero-order chi connectivity index (χ0) is 43.2. The number of hydrogen-bond acceptors (Lipinski definition) is 7. The standard InChI is InChI=1S/C49H82NO8P/c1-3-5-7-9-11-13-15-17-19-21-23-25-27-29-31-33-35-37-39-41-48(52)50-43-44-57-59(54,55)58-46-47(51)45-56-49(53)42-40-38-36-34-32-30-28-26-24-22-20-18-16-14-12-10-8-6-4-2/h5,7,11-14,17-20,23,25,29,31,35,37,47,51H,3-4,6,8-10,15-16,21-22,24,26-28,30,32-34,36,38-46H2,1-2H3,(H,50,52)(H,54,55)/b7-5-,13-11-,14-12-,19-17-,20-18-,25-23-,31-29-,37-35-. The minimum atomic E-state index is -4.45. The van der Waals surface area contributed by atoms with Gasteiger partial charge in [0.05, 0.1) is 13.2 Å². The maximum atomic E-state index is 12.1. The Labute approximate surface area is 359 Å². The van der Waals surface area contributed by atoms with Crippen LogP contribution in [0.15, 0.2) is 97.2 Å². The number of phosphoric acid groups is 1. The molecular weight excluding hydrogens is 762 g/mol. The number of phosphoric ester groups is 1. The number of amides is 1. The number of aliphatic hydroxyl groups is 1. The number of carbonyl (C=O) groups is 2. The third-order valence-electron chi connectivity index (χ3n) is 9.01. The van der Waals surface area contributed by atoms with Crippen molar-refractivity contribution in [2.24, 2.45) is 0 Å². The Hall–Kier alpha value is -3.07. The van der Waals surface area contributed by atoms with Crippen LogP contribution in [0.25, 0.3) is 0 Å². The van der Waals surface area contributed by atoms with Gasteiger partial charge in [0.1, 0.15) is 12.7 Å². The molecule has 59 heavy (non-hydrogen) atoms. The van der Waals surface area contributed by atoms with E-state index in [2.05, 4.69) is 104 Å². The lowest BCUT2D eigenvalue weighted by Crippen LogP contribution is -2.27. The third kappa shape index (κ3) is 45.9. The van der Waals surface area contributed by atoms with Gasteiger partial charge in [-0.3, -0.25) is 18.6 Å². The first-order chi connectivity index (χ1) is 28.8. The fourth-order valence-corrected chi connectivity index (χ4v) is 6.37. The van der Waals surface area contributed by atoms with Crippen LogP contribution in [0, 0.1) is 0 Å². The molecule has 0 heterocycles. The highest BCUT2D eigenvalue weighted by molar-refractivity contribution is 7.47. The van der Waals surface area contributed by atoms with Crippen molar-refractivity contribution in [2.75, 3.05) is 26.4 Å². The highest BCUT2D eigenvalue weighted by Crippen LogP contribution is 2.42. The van der Waals surface area contributed by atoms with Crippen LogP contribution in [-0.4, -0.2) is 54.3 Å². The smallest absolute Gasteiger partial charge is 0.463 e. The van der Waals surface area contributed by atoms with Crippen molar-refractivity contribution in [2.45, 2.75) is 174 Å². The molecule has 9 nitrogen and oxygen atoms in total. The number of rotatable bonds is 41. The fourth-order valence-electron chi connectivity index (χ4n) is 5.61. The van der Waals surface area contributed by atoms with E-state index in [1.54, 1.807) is 0 Å². The van der Waals surface area contributed by atoms with E-state index in [1.165, 1.54) is 57.8 Å². The molecule has 0 rings (SSSR count). The van der Waals surface area contributed by atoms with Crippen molar-refractivity contribution in [1.29, 1.82) is 0 Å². The monoisotopic (exact) mass is 844 g/mol. The quantitative estimate of drug-likeness (QED) is 0.0240. The molecule has 0 aromatic rings. The minimum absolute atomic E-state index is 0.0343. The van der Waals surface area contributed by atoms with E-state index in [-0.39, 0.29) is 38.5 Å². The van der Waals surface area contributed by atoms with Crippen LogP contribution in [0.5, 0.6) is 0 Å². The predicted octanol–water partition coefficient (Wildman–Crippen LogP) is 13.0. The lowest BCUT2D eigenvalue weighted by Gasteiger charge is -2.15. The fraction of sp³-hybridized carbons (Fsp3) is 0.633. The lowest BCUT2D eigenvalue weighted by molar-refractivity contribution is -0.147. The molecule has 0 radical (unpaired) electrons.